The Morgan fingerprint density at radius 2 is 2.00 bits per heavy atom. The van der Waals surface area contributed by atoms with Crippen LogP contribution in [-0.4, -0.2) is 24.7 Å². The fourth-order valence-electron chi connectivity index (χ4n) is 1.72. The Hall–Kier alpha value is -1.07. The van der Waals surface area contributed by atoms with Gasteiger partial charge in [-0.2, -0.15) is 0 Å². The van der Waals surface area contributed by atoms with E-state index in [-0.39, 0.29) is 20.7 Å². The molecule has 1 aliphatic carbocycles. The molecule has 0 bridgehead atoms. The van der Waals surface area contributed by atoms with E-state index < -0.39 is 15.8 Å². The summed E-state index contributed by atoms with van der Waals surface area (Å²) in [7, 11) is -3.34. The SMILES string of the molecule is O=C(O)c1ccc(S(=O)(=O)C2CCC2)cc1Cl. The first kappa shape index (κ1) is 12.4. The number of benzene rings is 1. The van der Waals surface area contributed by atoms with Crippen LogP contribution in [-0.2, 0) is 9.84 Å². The van der Waals surface area contributed by atoms with Crippen molar-refractivity contribution < 1.29 is 18.3 Å². The van der Waals surface area contributed by atoms with Crippen LogP contribution in [0.4, 0.5) is 0 Å². The Balaban J connectivity index is 2.41. The van der Waals surface area contributed by atoms with Crippen LogP contribution < -0.4 is 0 Å². The minimum atomic E-state index is -3.34. The summed E-state index contributed by atoms with van der Waals surface area (Å²) in [6.07, 6.45) is 2.26. The number of hydrogen-bond donors (Lipinski definition) is 1. The van der Waals surface area contributed by atoms with Gasteiger partial charge in [-0.3, -0.25) is 0 Å². The lowest BCUT2D eigenvalue weighted by molar-refractivity contribution is 0.0697. The molecule has 0 saturated heterocycles. The molecular weight excluding hydrogens is 264 g/mol. The maximum Gasteiger partial charge on any atom is 0.337 e. The van der Waals surface area contributed by atoms with Crippen LogP contribution in [0.1, 0.15) is 29.6 Å². The van der Waals surface area contributed by atoms with Crippen LogP contribution in [0.5, 0.6) is 0 Å². The molecule has 0 spiro atoms. The number of rotatable bonds is 3. The third-order valence-electron chi connectivity index (χ3n) is 2.99. The minimum absolute atomic E-state index is 0.0436. The zero-order valence-corrected chi connectivity index (χ0v) is 10.5. The quantitative estimate of drug-likeness (QED) is 0.918. The normalized spacial score (nSPS) is 16.5. The van der Waals surface area contributed by atoms with E-state index in [1.807, 2.05) is 0 Å². The summed E-state index contributed by atoms with van der Waals surface area (Å²) in [5.74, 6) is -1.16. The van der Waals surface area contributed by atoms with E-state index in [4.69, 9.17) is 16.7 Å². The molecular formula is C11H11ClO4S. The molecule has 1 aliphatic rings. The van der Waals surface area contributed by atoms with Gasteiger partial charge in [-0.1, -0.05) is 18.0 Å². The van der Waals surface area contributed by atoms with E-state index in [0.29, 0.717) is 12.8 Å². The lowest BCUT2D eigenvalue weighted by Crippen LogP contribution is -2.28. The Morgan fingerprint density at radius 1 is 1.35 bits per heavy atom. The monoisotopic (exact) mass is 274 g/mol. The van der Waals surface area contributed by atoms with Crippen LogP contribution in [0, 0.1) is 0 Å². The highest BCUT2D eigenvalue weighted by atomic mass is 35.5. The van der Waals surface area contributed by atoms with Gasteiger partial charge in [0.05, 0.1) is 20.7 Å². The van der Waals surface area contributed by atoms with Crippen LogP contribution in [0.3, 0.4) is 0 Å². The Labute approximate surface area is 104 Å². The molecule has 1 saturated carbocycles. The number of aromatic carboxylic acids is 1. The first-order valence-electron chi connectivity index (χ1n) is 5.19. The highest BCUT2D eigenvalue weighted by molar-refractivity contribution is 7.92. The summed E-state index contributed by atoms with van der Waals surface area (Å²) in [5, 5.41) is 8.41. The number of halogens is 1. The topological polar surface area (TPSA) is 71.4 Å². The Bertz CT molecular complexity index is 561. The van der Waals surface area contributed by atoms with Gasteiger partial charge in [0.25, 0.3) is 0 Å². The molecule has 0 unspecified atom stereocenters. The molecule has 92 valence electrons. The summed E-state index contributed by atoms with van der Waals surface area (Å²) >= 11 is 5.75. The van der Waals surface area contributed by atoms with Gasteiger partial charge in [0.1, 0.15) is 0 Å². The largest absolute Gasteiger partial charge is 0.478 e. The lowest BCUT2D eigenvalue weighted by atomic mass is 10.00. The maximum atomic E-state index is 12.0. The molecule has 4 nitrogen and oxygen atoms in total. The molecule has 17 heavy (non-hydrogen) atoms. The molecule has 0 amide bonds. The van der Waals surface area contributed by atoms with Crippen LogP contribution >= 0.6 is 11.6 Å². The zero-order chi connectivity index (χ0) is 12.6. The predicted octanol–water partition coefficient (Wildman–Crippen LogP) is 2.36. The standard InChI is InChI=1S/C11H11ClO4S/c12-10-6-8(4-5-9(10)11(13)14)17(15,16)7-2-1-3-7/h4-7H,1-3H2,(H,13,14). The second kappa shape index (κ2) is 4.31. The van der Waals surface area contributed by atoms with Crippen LogP contribution in [0.2, 0.25) is 5.02 Å². The van der Waals surface area contributed by atoms with E-state index in [0.717, 1.165) is 6.42 Å². The van der Waals surface area contributed by atoms with Crippen molar-refractivity contribution in [3.8, 4) is 0 Å². The minimum Gasteiger partial charge on any atom is -0.478 e. The highest BCUT2D eigenvalue weighted by Gasteiger charge is 2.33. The van der Waals surface area contributed by atoms with E-state index in [9.17, 15) is 13.2 Å². The van der Waals surface area contributed by atoms with Crippen LogP contribution in [0.25, 0.3) is 0 Å². The molecule has 1 aromatic rings. The molecule has 6 heteroatoms. The van der Waals surface area contributed by atoms with Gasteiger partial charge in [-0.05, 0) is 31.0 Å². The third-order valence-corrected chi connectivity index (χ3v) is 5.56. The molecule has 0 aliphatic heterocycles. The van der Waals surface area contributed by atoms with Gasteiger partial charge in [0, 0.05) is 0 Å². The van der Waals surface area contributed by atoms with Crippen molar-refractivity contribution in [2.24, 2.45) is 0 Å². The van der Waals surface area contributed by atoms with Crippen molar-refractivity contribution in [1.29, 1.82) is 0 Å². The van der Waals surface area contributed by atoms with Crippen LogP contribution in [0.15, 0.2) is 23.1 Å². The van der Waals surface area contributed by atoms with Gasteiger partial charge in [-0.15, -0.1) is 0 Å². The van der Waals surface area contributed by atoms with Crippen molar-refractivity contribution in [3.05, 3.63) is 28.8 Å². The van der Waals surface area contributed by atoms with E-state index >= 15 is 0 Å². The third kappa shape index (κ3) is 2.17. The number of carboxylic acids is 1. The van der Waals surface area contributed by atoms with Gasteiger partial charge < -0.3 is 5.11 Å². The first-order valence-corrected chi connectivity index (χ1v) is 7.12. The maximum absolute atomic E-state index is 12.0. The molecule has 2 rings (SSSR count). The summed E-state index contributed by atoms with van der Waals surface area (Å²) in [5.41, 5.74) is -0.0840. The fraction of sp³-hybridized carbons (Fsp3) is 0.364. The molecule has 1 aromatic carbocycles. The van der Waals surface area contributed by atoms with E-state index in [2.05, 4.69) is 0 Å². The van der Waals surface area contributed by atoms with E-state index in [1.165, 1.54) is 18.2 Å². The fourth-order valence-corrected chi connectivity index (χ4v) is 3.92. The Kier molecular flexibility index (Phi) is 3.14. The molecule has 0 atom stereocenters. The first-order chi connectivity index (χ1) is 7.93. The summed E-state index contributed by atoms with van der Waals surface area (Å²) in [4.78, 5) is 10.9. The number of carboxylic acid groups (broad SMARTS) is 1. The van der Waals surface area contributed by atoms with E-state index in [1.54, 1.807) is 0 Å². The van der Waals surface area contributed by atoms with Gasteiger partial charge in [0.15, 0.2) is 9.84 Å². The molecule has 1 fully saturated rings. The average molecular weight is 275 g/mol. The van der Waals surface area contributed by atoms with Gasteiger partial charge in [0.2, 0.25) is 0 Å². The average Bonchev–Trinajstić information content (AvgIpc) is 2.13. The Morgan fingerprint density at radius 3 is 2.41 bits per heavy atom. The molecule has 0 radical (unpaired) electrons. The molecule has 1 N–H and O–H groups in total. The summed E-state index contributed by atoms with van der Waals surface area (Å²) < 4.78 is 24.1. The number of hydrogen-bond acceptors (Lipinski definition) is 3. The second-order valence-corrected chi connectivity index (χ2v) is 6.68. The van der Waals surface area contributed by atoms with Crippen molar-refractivity contribution in [2.45, 2.75) is 29.4 Å². The predicted molar refractivity (Wildman–Crippen MR) is 63.2 cm³/mol. The van der Waals surface area contributed by atoms with Crippen molar-refractivity contribution in [2.75, 3.05) is 0 Å². The smallest absolute Gasteiger partial charge is 0.337 e. The van der Waals surface area contributed by atoms with Gasteiger partial charge >= 0.3 is 5.97 Å². The summed E-state index contributed by atoms with van der Waals surface area (Å²) in [6, 6.07) is 3.76. The van der Waals surface area contributed by atoms with Gasteiger partial charge in [-0.25, -0.2) is 13.2 Å². The lowest BCUT2D eigenvalue weighted by Gasteiger charge is -2.25. The number of carbonyl (C=O) groups is 1. The van der Waals surface area contributed by atoms with Crippen molar-refractivity contribution >= 4 is 27.4 Å². The van der Waals surface area contributed by atoms with Crippen molar-refractivity contribution in [3.63, 3.8) is 0 Å². The second-order valence-electron chi connectivity index (χ2n) is 4.04. The number of sulfone groups is 1. The zero-order valence-electron chi connectivity index (χ0n) is 8.89. The highest BCUT2D eigenvalue weighted by Crippen LogP contribution is 2.32. The molecule has 0 heterocycles. The molecule has 0 aromatic heterocycles. The van der Waals surface area contributed by atoms with Crippen molar-refractivity contribution in [1.82, 2.24) is 0 Å². The summed E-state index contributed by atoms with van der Waals surface area (Å²) in [6.45, 7) is 0.